The van der Waals surface area contributed by atoms with Crippen LogP contribution in [0.1, 0.15) is 28.8 Å². The van der Waals surface area contributed by atoms with Gasteiger partial charge in [0.05, 0.1) is 11.4 Å². The van der Waals surface area contributed by atoms with Crippen LogP contribution >= 0.6 is 0 Å². The van der Waals surface area contributed by atoms with Gasteiger partial charge < -0.3 is 20.3 Å². The van der Waals surface area contributed by atoms with Gasteiger partial charge in [-0.2, -0.15) is 0 Å². The van der Waals surface area contributed by atoms with Crippen molar-refractivity contribution in [3.63, 3.8) is 0 Å². The minimum atomic E-state index is -0.0357. The van der Waals surface area contributed by atoms with E-state index in [0.717, 1.165) is 65.8 Å². The molecule has 2 aliphatic rings. The molecule has 2 aliphatic heterocycles. The van der Waals surface area contributed by atoms with Crippen LogP contribution < -0.4 is 20.7 Å². The Morgan fingerprint density at radius 1 is 1.06 bits per heavy atom. The molecular formula is C28H30N6O2. The lowest BCUT2D eigenvalue weighted by atomic mass is 10.1. The van der Waals surface area contributed by atoms with Crippen LogP contribution in [0.5, 0.6) is 5.75 Å². The zero-order chi connectivity index (χ0) is 24.3. The number of carbonyl (C=O) groups is 1. The molecule has 1 saturated heterocycles. The van der Waals surface area contributed by atoms with Crippen LogP contribution in [0.25, 0.3) is 16.9 Å². The molecule has 6 rings (SSSR count). The van der Waals surface area contributed by atoms with Crippen LogP contribution in [-0.4, -0.2) is 53.1 Å². The number of fused-ring (bicyclic) bond motifs is 2. The molecule has 184 valence electrons. The predicted octanol–water partition coefficient (Wildman–Crippen LogP) is 4.01. The van der Waals surface area contributed by atoms with E-state index in [-0.39, 0.29) is 5.91 Å². The highest BCUT2D eigenvalue weighted by atomic mass is 16.5. The molecular weight excluding hydrogens is 452 g/mol. The van der Waals surface area contributed by atoms with Crippen molar-refractivity contribution >= 4 is 22.9 Å². The summed E-state index contributed by atoms with van der Waals surface area (Å²) in [5, 5.41) is 9.73. The molecule has 4 heterocycles. The van der Waals surface area contributed by atoms with Gasteiger partial charge in [-0.15, -0.1) is 0 Å². The summed E-state index contributed by atoms with van der Waals surface area (Å²) >= 11 is 0. The topological polar surface area (TPSA) is 82.9 Å². The first-order chi connectivity index (χ1) is 17.7. The normalized spacial score (nSPS) is 15.4. The third-order valence-corrected chi connectivity index (χ3v) is 6.89. The van der Waals surface area contributed by atoms with Crippen molar-refractivity contribution in [3.05, 3.63) is 78.1 Å². The number of nitrogens with zero attached hydrogens (tertiary/aromatic N) is 3. The van der Waals surface area contributed by atoms with Gasteiger partial charge in [-0.05, 0) is 86.1 Å². The van der Waals surface area contributed by atoms with E-state index >= 15 is 0 Å². The van der Waals surface area contributed by atoms with E-state index in [2.05, 4.69) is 48.4 Å². The summed E-state index contributed by atoms with van der Waals surface area (Å²) in [6.45, 7) is 5.21. The summed E-state index contributed by atoms with van der Waals surface area (Å²) in [6.07, 6.45) is 6.30. The first-order valence-corrected chi connectivity index (χ1v) is 12.6. The molecule has 0 radical (unpaired) electrons. The summed E-state index contributed by atoms with van der Waals surface area (Å²) < 4.78 is 7.76. The van der Waals surface area contributed by atoms with Gasteiger partial charge in [0.2, 0.25) is 0 Å². The molecule has 8 nitrogen and oxygen atoms in total. The summed E-state index contributed by atoms with van der Waals surface area (Å²) in [5.74, 6) is 0.896. The molecule has 0 saturated carbocycles. The van der Waals surface area contributed by atoms with E-state index in [1.54, 1.807) is 0 Å². The number of anilines is 2. The molecule has 1 fully saturated rings. The lowest BCUT2D eigenvalue weighted by Crippen LogP contribution is -2.33. The smallest absolute Gasteiger partial charge is 0.251 e. The molecule has 0 atom stereocenters. The summed E-state index contributed by atoms with van der Waals surface area (Å²) in [6, 6.07) is 18.0. The summed E-state index contributed by atoms with van der Waals surface area (Å²) in [4.78, 5) is 19.5. The Hall–Kier alpha value is -3.88. The van der Waals surface area contributed by atoms with E-state index < -0.39 is 0 Å². The van der Waals surface area contributed by atoms with E-state index in [4.69, 9.17) is 4.74 Å². The highest BCUT2D eigenvalue weighted by Crippen LogP contribution is 2.31. The van der Waals surface area contributed by atoms with E-state index in [0.29, 0.717) is 18.8 Å². The monoisotopic (exact) mass is 482 g/mol. The number of carbonyl (C=O) groups excluding carboxylic acids is 1. The number of rotatable bonds is 7. The molecule has 3 N–H and O–H groups in total. The molecule has 2 aromatic heterocycles. The molecule has 0 unspecified atom stereocenters. The molecule has 4 aromatic rings. The third kappa shape index (κ3) is 4.65. The highest BCUT2D eigenvalue weighted by Gasteiger charge is 2.15. The molecule has 0 spiro atoms. The Morgan fingerprint density at radius 2 is 1.92 bits per heavy atom. The largest absolute Gasteiger partial charge is 0.478 e. The average molecular weight is 483 g/mol. The van der Waals surface area contributed by atoms with Crippen LogP contribution in [0, 0.1) is 0 Å². The van der Waals surface area contributed by atoms with Gasteiger partial charge in [0.15, 0.2) is 5.65 Å². The summed E-state index contributed by atoms with van der Waals surface area (Å²) in [5.41, 5.74) is 6.61. The molecule has 1 amide bonds. The minimum Gasteiger partial charge on any atom is -0.478 e. The maximum atomic E-state index is 12.5. The third-order valence-electron chi connectivity index (χ3n) is 6.89. The Balaban J connectivity index is 1.15. The van der Waals surface area contributed by atoms with Crippen molar-refractivity contribution in [3.8, 4) is 17.0 Å². The zero-order valence-electron chi connectivity index (χ0n) is 20.2. The van der Waals surface area contributed by atoms with Gasteiger partial charge in [0, 0.05) is 48.8 Å². The first-order valence-electron chi connectivity index (χ1n) is 12.6. The molecule has 36 heavy (non-hydrogen) atoms. The molecule has 0 bridgehead atoms. The van der Waals surface area contributed by atoms with Crippen molar-refractivity contribution in [1.29, 1.82) is 0 Å². The van der Waals surface area contributed by atoms with Crippen molar-refractivity contribution in [2.24, 2.45) is 0 Å². The van der Waals surface area contributed by atoms with Crippen molar-refractivity contribution < 1.29 is 9.53 Å². The fourth-order valence-corrected chi connectivity index (χ4v) is 4.98. The van der Waals surface area contributed by atoms with Crippen LogP contribution in [0.2, 0.25) is 0 Å². The number of hydrogen-bond acceptors (Lipinski definition) is 6. The molecule has 0 aliphatic carbocycles. The lowest BCUT2D eigenvalue weighted by molar-refractivity contribution is 0.0950. The van der Waals surface area contributed by atoms with Crippen molar-refractivity contribution in [2.75, 3.05) is 38.2 Å². The molecule has 2 aromatic carbocycles. The number of hydrogen-bond donors (Lipinski definition) is 3. The highest BCUT2D eigenvalue weighted by molar-refractivity contribution is 5.94. The van der Waals surface area contributed by atoms with Crippen LogP contribution in [0.4, 0.5) is 11.4 Å². The van der Waals surface area contributed by atoms with E-state index in [1.165, 1.54) is 12.8 Å². The van der Waals surface area contributed by atoms with Gasteiger partial charge in [0.25, 0.3) is 5.91 Å². The standard InChI is InChI=1S/C28H30N6O2/c35-28(31-11-15-33-13-1-2-14-33)20-3-6-23(7-4-20)32-24-8-9-25(34-16-12-30-27(24)34)21-5-10-26-22(17-21)18-29-19-36-26/h3-10,12,16-17,29,32H,1-2,11,13-15,18-19H2,(H,31,35). The second-order valence-electron chi connectivity index (χ2n) is 9.30. The number of amides is 1. The maximum Gasteiger partial charge on any atom is 0.251 e. The minimum absolute atomic E-state index is 0.0357. The second-order valence-corrected chi connectivity index (χ2v) is 9.30. The van der Waals surface area contributed by atoms with Gasteiger partial charge in [-0.25, -0.2) is 4.98 Å². The molecule has 8 heteroatoms. The number of benzene rings is 2. The second kappa shape index (κ2) is 10.0. The quantitative estimate of drug-likeness (QED) is 0.369. The Morgan fingerprint density at radius 3 is 2.78 bits per heavy atom. The Labute approximate surface area is 210 Å². The van der Waals surface area contributed by atoms with Gasteiger partial charge in [-0.1, -0.05) is 0 Å². The van der Waals surface area contributed by atoms with Crippen LogP contribution in [-0.2, 0) is 6.54 Å². The zero-order valence-corrected chi connectivity index (χ0v) is 20.2. The number of pyridine rings is 1. The fraction of sp³-hybridized carbons (Fsp3) is 0.286. The van der Waals surface area contributed by atoms with Gasteiger partial charge in [-0.3, -0.25) is 14.5 Å². The number of aromatic nitrogens is 2. The Kier molecular flexibility index (Phi) is 6.27. The van der Waals surface area contributed by atoms with Gasteiger partial charge in [0.1, 0.15) is 12.5 Å². The van der Waals surface area contributed by atoms with Crippen LogP contribution in [0.3, 0.4) is 0 Å². The van der Waals surface area contributed by atoms with Crippen molar-refractivity contribution in [1.82, 2.24) is 24.9 Å². The van der Waals surface area contributed by atoms with Gasteiger partial charge >= 0.3 is 0 Å². The van der Waals surface area contributed by atoms with E-state index in [9.17, 15) is 4.79 Å². The first kappa shape index (κ1) is 22.6. The fourth-order valence-electron chi connectivity index (χ4n) is 4.98. The summed E-state index contributed by atoms with van der Waals surface area (Å²) in [7, 11) is 0. The van der Waals surface area contributed by atoms with E-state index in [1.807, 2.05) is 48.8 Å². The number of imidazole rings is 1. The number of ether oxygens (including phenoxy) is 1. The number of likely N-dealkylation sites (tertiary alicyclic amines) is 1. The van der Waals surface area contributed by atoms with Crippen molar-refractivity contribution in [2.45, 2.75) is 19.4 Å². The lowest BCUT2D eigenvalue weighted by Gasteiger charge is -2.19. The predicted molar refractivity (Wildman–Crippen MR) is 141 cm³/mol. The van der Waals surface area contributed by atoms with Crippen LogP contribution in [0.15, 0.2) is 67.0 Å². The SMILES string of the molecule is O=C(NCCN1CCCC1)c1ccc(Nc2ccc(-c3ccc4c(c3)CNCO4)n3ccnc23)cc1. The number of nitrogens with one attached hydrogen (secondary N) is 3. The Bertz CT molecular complexity index is 1370. The average Bonchev–Trinajstić information content (AvgIpc) is 3.62. The maximum absolute atomic E-state index is 12.5.